The van der Waals surface area contributed by atoms with Crippen molar-refractivity contribution in [1.29, 1.82) is 0 Å². The summed E-state index contributed by atoms with van der Waals surface area (Å²) in [5.41, 5.74) is 0. The van der Waals surface area contributed by atoms with Gasteiger partial charge >= 0.3 is 0 Å². The van der Waals surface area contributed by atoms with Crippen LogP contribution < -0.4 is 5.32 Å². The van der Waals surface area contributed by atoms with E-state index in [-0.39, 0.29) is 0 Å². The molecule has 0 spiro atoms. The molecule has 0 fully saturated rings. The number of likely N-dealkylation sites (N-methyl/N-ethyl adjacent to an activating group) is 1. The Hall–Kier alpha value is -0.0900. The Balaban J connectivity index is 2.50. The first-order valence-corrected chi connectivity index (χ1v) is 7.89. The molecule has 0 saturated carbocycles. The molecule has 2 nitrogen and oxygen atoms in total. The topological polar surface area (TPSA) is 15.3 Å². The standard InChI is InChI=1S/C14H25ClN2S/c1-5-8-16-9-13(11(2)3)17(4)10-12-6-7-14(15)18-12/h6-7,11,13,16H,5,8-10H2,1-4H3. The Bertz CT molecular complexity index is 338. The zero-order valence-corrected chi connectivity index (χ0v) is 13.4. The number of nitrogens with zero attached hydrogens (tertiary/aromatic N) is 1. The zero-order valence-electron chi connectivity index (χ0n) is 11.9. The minimum Gasteiger partial charge on any atom is -0.315 e. The van der Waals surface area contributed by atoms with E-state index in [1.54, 1.807) is 11.3 Å². The van der Waals surface area contributed by atoms with Gasteiger partial charge in [-0.1, -0.05) is 32.4 Å². The molecule has 1 heterocycles. The van der Waals surface area contributed by atoms with Crippen molar-refractivity contribution in [3.05, 3.63) is 21.3 Å². The van der Waals surface area contributed by atoms with Crippen LogP contribution in [0, 0.1) is 5.92 Å². The van der Waals surface area contributed by atoms with Gasteiger partial charge in [-0.15, -0.1) is 11.3 Å². The summed E-state index contributed by atoms with van der Waals surface area (Å²) in [4.78, 5) is 3.76. The molecule has 1 rings (SSSR count). The maximum Gasteiger partial charge on any atom is 0.0931 e. The first-order valence-electron chi connectivity index (χ1n) is 6.69. The van der Waals surface area contributed by atoms with E-state index in [0.717, 1.165) is 24.0 Å². The number of hydrogen-bond acceptors (Lipinski definition) is 3. The van der Waals surface area contributed by atoms with Gasteiger partial charge in [-0.3, -0.25) is 4.90 Å². The van der Waals surface area contributed by atoms with E-state index in [1.807, 2.05) is 6.07 Å². The molecule has 0 radical (unpaired) electrons. The minimum absolute atomic E-state index is 0.567. The molecule has 0 saturated heterocycles. The van der Waals surface area contributed by atoms with Crippen molar-refractivity contribution in [3.8, 4) is 0 Å². The molecule has 1 atom stereocenters. The maximum absolute atomic E-state index is 5.98. The molecule has 104 valence electrons. The number of rotatable bonds is 8. The van der Waals surface area contributed by atoms with Crippen LogP contribution in [0.3, 0.4) is 0 Å². The fraction of sp³-hybridized carbons (Fsp3) is 0.714. The molecule has 0 aliphatic carbocycles. The van der Waals surface area contributed by atoms with Gasteiger partial charge in [0.2, 0.25) is 0 Å². The average molecular weight is 289 g/mol. The van der Waals surface area contributed by atoms with Gasteiger partial charge in [0, 0.05) is 24.0 Å². The summed E-state index contributed by atoms with van der Waals surface area (Å²) < 4.78 is 0.878. The van der Waals surface area contributed by atoms with Crippen molar-refractivity contribution in [1.82, 2.24) is 10.2 Å². The van der Waals surface area contributed by atoms with Gasteiger partial charge in [0.25, 0.3) is 0 Å². The lowest BCUT2D eigenvalue weighted by atomic mass is 10.0. The van der Waals surface area contributed by atoms with Gasteiger partial charge in [0.15, 0.2) is 0 Å². The van der Waals surface area contributed by atoms with Crippen molar-refractivity contribution >= 4 is 22.9 Å². The molecule has 0 aliphatic rings. The highest BCUT2D eigenvalue weighted by molar-refractivity contribution is 7.16. The molecular weight excluding hydrogens is 264 g/mol. The Kier molecular flexibility index (Phi) is 7.23. The van der Waals surface area contributed by atoms with Crippen LogP contribution in [0.4, 0.5) is 0 Å². The lowest BCUT2D eigenvalue weighted by molar-refractivity contribution is 0.181. The fourth-order valence-electron chi connectivity index (χ4n) is 2.13. The Morgan fingerprint density at radius 3 is 2.61 bits per heavy atom. The SMILES string of the molecule is CCCNCC(C(C)C)N(C)Cc1ccc(Cl)s1. The molecule has 1 N–H and O–H groups in total. The highest BCUT2D eigenvalue weighted by atomic mass is 35.5. The second kappa shape index (κ2) is 8.16. The molecule has 0 bridgehead atoms. The van der Waals surface area contributed by atoms with Crippen molar-refractivity contribution in [2.75, 3.05) is 20.1 Å². The average Bonchev–Trinajstić information content (AvgIpc) is 2.69. The highest BCUT2D eigenvalue weighted by Gasteiger charge is 2.18. The van der Waals surface area contributed by atoms with E-state index < -0.39 is 0 Å². The predicted octanol–water partition coefficient (Wildman–Crippen LogP) is 3.86. The molecule has 4 heteroatoms. The molecule has 1 aromatic heterocycles. The summed E-state index contributed by atoms with van der Waals surface area (Å²) in [5.74, 6) is 0.648. The quantitative estimate of drug-likeness (QED) is 0.731. The van der Waals surface area contributed by atoms with Gasteiger partial charge in [-0.25, -0.2) is 0 Å². The van der Waals surface area contributed by atoms with Gasteiger partial charge < -0.3 is 5.32 Å². The van der Waals surface area contributed by atoms with Gasteiger partial charge in [-0.05, 0) is 38.1 Å². The first kappa shape index (κ1) is 16.0. The number of halogens is 1. The van der Waals surface area contributed by atoms with Crippen LogP contribution in [0.2, 0.25) is 4.34 Å². The zero-order chi connectivity index (χ0) is 13.5. The molecule has 0 aromatic carbocycles. The first-order chi connectivity index (χ1) is 8.54. The second-order valence-electron chi connectivity index (χ2n) is 5.14. The summed E-state index contributed by atoms with van der Waals surface area (Å²) in [5, 5.41) is 3.52. The molecule has 1 unspecified atom stereocenters. The Morgan fingerprint density at radius 1 is 1.39 bits per heavy atom. The van der Waals surface area contributed by atoms with E-state index in [0.29, 0.717) is 12.0 Å². The normalized spacial score (nSPS) is 13.5. The van der Waals surface area contributed by atoms with E-state index >= 15 is 0 Å². The third-order valence-corrected chi connectivity index (χ3v) is 4.37. The van der Waals surface area contributed by atoms with Crippen LogP contribution in [0.25, 0.3) is 0 Å². The van der Waals surface area contributed by atoms with Crippen LogP contribution in [-0.2, 0) is 6.54 Å². The van der Waals surface area contributed by atoms with E-state index in [4.69, 9.17) is 11.6 Å². The molecular formula is C14H25ClN2S. The van der Waals surface area contributed by atoms with Crippen molar-refractivity contribution in [3.63, 3.8) is 0 Å². The summed E-state index contributed by atoms with van der Waals surface area (Å²) in [6.45, 7) is 9.91. The van der Waals surface area contributed by atoms with Crippen LogP contribution in [0.15, 0.2) is 12.1 Å². The third kappa shape index (κ3) is 5.27. The molecule has 18 heavy (non-hydrogen) atoms. The van der Waals surface area contributed by atoms with E-state index in [2.05, 4.69) is 44.1 Å². The van der Waals surface area contributed by atoms with E-state index in [1.165, 1.54) is 11.3 Å². The lowest BCUT2D eigenvalue weighted by Gasteiger charge is -2.31. The number of thiophene rings is 1. The molecule has 0 aliphatic heterocycles. The van der Waals surface area contributed by atoms with E-state index in [9.17, 15) is 0 Å². The van der Waals surface area contributed by atoms with Crippen molar-refractivity contribution in [2.45, 2.75) is 39.8 Å². The fourth-order valence-corrected chi connectivity index (χ4v) is 3.28. The summed E-state index contributed by atoms with van der Waals surface area (Å²) in [6, 6.07) is 4.67. The van der Waals surface area contributed by atoms with Crippen LogP contribution in [-0.4, -0.2) is 31.1 Å². The second-order valence-corrected chi connectivity index (χ2v) is 6.94. The van der Waals surface area contributed by atoms with Crippen LogP contribution >= 0.6 is 22.9 Å². The van der Waals surface area contributed by atoms with Gasteiger partial charge in [0.05, 0.1) is 4.34 Å². The van der Waals surface area contributed by atoms with Crippen molar-refractivity contribution < 1.29 is 0 Å². The lowest BCUT2D eigenvalue weighted by Crippen LogP contribution is -2.43. The minimum atomic E-state index is 0.567. The van der Waals surface area contributed by atoms with Crippen LogP contribution in [0.1, 0.15) is 32.1 Å². The Morgan fingerprint density at radius 2 is 2.11 bits per heavy atom. The third-order valence-electron chi connectivity index (χ3n) is 3.15. The number of hydrogen-bond donors (Lipinski definition) is 1. The smallest absolute Gasteiger partial charge is 0.0931 e. The highest BCUT2D eigenvalue weighted by Crippen LogP contribution is 2.23. The monoisotopic (exact) mass is 288 g/mol. The van der Waals surface area contributed by atoms with Crippen molar-refractivity contribution in [2.24, 2.45) is 5.92 Å². The summed E-state index contributed by atoms with van der Waals surface area (Å²) in [6.07, 6.45) is 1.19. The summed E-state index contributed by atoms with van der Waals surface area (Å²) in [7, 11) is 2.20. The van der Waals surface area contributed by atoms with Gasteiger partial charge in [0.1, 0.15) is 0 Å². The largest absolute Gasteiger partial charge is 0.315 e. The molecule has 0 amide bonds. The number of nitrogens with one attached hydrogen (secondary N) is 1. The maximum atomic E-state index is 5.98. The van der Waals surface area contributed by atoms with Crippen LogP contribution in [0.5, 0.6) is 0 Å². The Labute approximate surface area is 120 Å². The predicted molar refractivity (Wildman–Crippen MR) is 82.6 cm³/mol. The summed E-state index contributed by atoms with van der Waals surface area (Å²) >= 11 is 7.65. The van der Waals surface area contributed by atoms with Gasteiger partial charge in [-0.2, -0.15) is 0 Å². The molecule has 1 aromatic rings.